The molecule has 22 heavy (non-hydrogen) atoms. The molecule has 1 amide bonds. The van der Waals surface area contributed by atoms with Crippen LogP contribution in [0.4, 0.5) is 0 Å². The Bertz CT molecular complexity index is 521. The van der Waals surface area contributed by atoms with Crippen molar-refractivity contribution in [1.82, 2.24) is 14.8 Å². The highest BCUT2D eigenvalue weighted by molar-refractivity contribution is 7.09. The van der Waals surface area contributed by atoms with Crippen molar-refractivity contribution in [3.05, 3.63) is 16.6 Å². The molecule has 0 aliphatic carbocycles. The van der Waals surface area contributed by atoms with Crippen LogP contribution < -0.4 is 0 Å². The zero-order valence-electron chi connectivity index (χ0n) is 12.8. The molecule has 1 aromatic heterocycles. The van der Waals surface area contributed by atoms with Gasteiger partial charge in [-0.2, -0.15) is 0 Å². The molecular weight excluding hydrogens is 298 g/mol. The Morgan fingerprint density at radius 2 is 2.36 bits per heavy atom. The summed E-state index contributed by atoms with van der Waals surface area (Å²) in [6.07, 6.45) is 5.05. The smallest absolute Gasteiger partial charge is 0.222 e. The Kier molecular flexibility index (Phi) is 4.15. The van der Waals surface area contributed by atoms with E-state index in [-0.39, 0.29) is 6.10 Å². The number of aromatic nitrogens is 1. The largest absolute Gasteiger partial charge is 0.376 e. The van der Waals surface area contributed by atoms with Crippen LogP contribution >= 0.6 is 11.3 Å². The van der Waals surface area contributed by atoms with Crippen molar-refractivity contribution in [1.29, 1.82) is 0 Å². The number of hydrogen-bond acceptors (Lipinski definition) is 5. The van der Waals surface area contributed by atoms with E-state index in [1.807, 2.05) is 16.5 Å². The molecule has 0 bridgehead atoms. The number of carbonyl (C=O) groups excluding carboxylic acids is 1. The Balaban J connectivity index is 1.37. The van der Waals surface area contributed by atoms with Crippen molar-refractivity contribution in [2.75, 3.05) is 32.8 Å². The molecule has 0 spiro atoms. The average molecular weight is 321 g/mol. The van der Waals surface area contributed by atoms with Crippen molar-refractivity contribution in [3.8, 4) is 0 Å². The lowest BCUT2D eigenvalue weighted by atomic mass is 9.84. The molecule has 4 heterocycles. The second-order valence-electron chi connectivity index (χ2n) is 6.69. The number of piperidine rings is 1. The van der Waals surface area contributed by atoms with Crippen LogP contribution in [0, 0.1) is 11.8 Å². The molecular formula is C16H23N3O2S. The fraction of sp³-hybridized carbons (Fsp3) is 0.750. The van der Waals surface area contributed by atoms with Gasteiger partial charge in [-0.3, -0.25) is 9.69 Å². The van der Waals surface area contributed by atoms with Gasteiger partial charge in [-0.15, -0.1) is 11.3 Å². The van der Waals surface area contributed by atoms with Crippen molar-refractivity contribution in [3.63, 3.8) is 0 Å². The van der Waals surface area contributed by atoms with Gasteiger partial charge in [-0.1, -0.05) is 0 Å². The van der Waals surface area contributed by atoms with Gasteiger partial charge in [0.1, 0.15) is 5.01 Å². The second-order valence-corrected chi connectivity index (χ2v) is 7.67. The lowest BCUT2D eigenvalue weighted by Crippen LogP contribution is -2.45. The topological polar surface area (TPSA) is 45.7 Å². The van der Waals surface area contributed by atoms with E-state index in [9.17, 15) is 4.79 Å². The number of hydrogen-bond donors (Lipinski definition) is 0. The highest BCUT2D eigenvalue weighted by atomic mass is 32.1. The Hall–Kier alpha value is -0.980. The van der Waals surface area contributed by atoms with Gasteiger partial charge in [0.2, 0.25) is 5.91 Å². The van der Waals surface area contributed by atoms with Gasteiger partial charge in [0.05, 0.1) is 19.3 Å². The number of fused-ring (bicyclic) bond motifs is 1. The third-order valence-electron chi connectivity index (χ3n) is 5.31. The Morgan fingerprint density at radius 1 is 1.41 bits per heavy atom. The van der Waals surface area contributed by atoms with Crippen LogP contribution in [0.2, 0.25) is 0 Å². The lowest BCUT2D eigenvalue weighted by Gasteiger charge is -2.36. The molecule has 3 fully saturated rings. The van der Waals surface area contributed by atoms with Gasteiger partial charge in [0.15, 0.2) is 0 Å². The minimum absolute atomic E-state index is 0.228. The first kappa shape index (κ1) is 14.6. The van der Waals surface area contributed by atoms with Gasteiger partial charge < -0.3 is 9.64 Å². The molecule has 0 aromatic carbocycles. The quantitative estimate of drug-likeness (QED) is 0.845. The van der Waals surface area contributed by atoms with E-state index in [1.54, 1.807) is 11.3 Å². The summed E-state index contributed by atoms with van der Waals surface area (Å²) in [6, 6.07) is 0. The molecule has 4 rings (SSSR count). The number of nitrogens with zero attached hydrogens (tertiary/aromatic N) is 3. The fourth-order valence-electron chi connectivity index (χ4n) is 4.07. The van der Waals surface area contributed by atoms with Crippen molar-refractivity contribution >= 4 is 17.2 Å². The monoisotopic (exact) mass is 321 g/mol. The zero-order chi connectivity index (χ0) is 14.9. The van der Waals surface area contributed by atoms with Crippen molar-refractivity contribution in [2.24, 2.45) is 11.8 Å². The summed E-state index contributed by atoms with van der Waals surface area (Å²) in [4.78, 5) is 20.8. The van der Waals surface area contributed by atoms with Gasteiger partial charge in [-0.25, -0.2) is 4.98 Å². The fourth-order valence-corrected chi connectivity index (χ4v) is 4.73. The molecule has 5 nitrogen and oxygen atoms in total. The number of ether oxygens (including phenoxy) is 1. The molecule has 3 atom stereocenters. The maximum atomic E-state index is 11.9. The Labute approximate surface area is 135 Å². The molecule has 6 heteroatoms. The lowest BCUT2D eigenvalue weighted by molar-refractivity contribution is -0.129. The average Bonchev–Trinajstić information content (AvgIpc) is 3.24. The van der Waals surface area contributed by atoms with Gasteiger partial charge >= 0.3 is 0 Å². The molecule has 0 unspecified atom stereocenters. The number of likely N-dealkylation sites (tertiary alicyclic amines) is 2. The third-order valence-corrected chi connectivity index (χ3v) is 6.07. The highest BCUT2D eigenvalue weighted by Crippen LogP contribution is 2.35. The van der Waals surface area contributed by atoms with E-state index in [1.165, 1.54) is 11.4 Å². The van der Waals surface area contributed by atoms with Crippen molar-refractivity contribution in [2.45, 2.75) is 31.9 Å². The van der Waals surface area contributed by atoms with E-state index in [0.29, 0.717) is 17.7 Å². The van der Waals surface area contributed by atoms with Crippen LogP contribution in [0.3, 0.4) is 0 Å². The number of rotatable bonds is 4. The van der Waals surface area contributed by atoms with Crippen LogP contribution in [0.5, 0.6) is 0 Å². The zero-order valence-corrected chi connectivity index (χ0v) is 13.6. The second kappa shape index (κ2) is 6.26. The minimum Gasteiger partial charge on any atom is -0.376 e. The predicted molar refractivity (Wildman–Crippen MR) is 84.5 cm³/mol. The number of carbonyl (C=O) groups is 1. The van der Waals surface area contributed by atoms with Crippen LogP contribution in [-0.2, 0) is 16.1 Å². The summed E-state index contributed by atoms with van der Waals surface area (Å²) in [6.45, 7) is 5.76. The summed E-state index contributed by atoms with van der Waals surface area (Å²) in [7, 11) is 0. The summed E-state index contributed by atoms with van der Waals surface area (Å²) in [5, 5.41) is 3.24. The standard InChI is InChI=1S/C16H23N3O2S/c20-16-2-1-5-19(16)9-14-13-8-18(6-3-12(13)11-21-14)10-15-17-4-7-22-15/h4,7,12-14H,1-3,5-6,8-11H2/t12-,13-,14+/m1/s1. The normalized spacial score (nSPS) is 32.6. The summed E-state index contributed by atoms with van der Waals surface area (Å²) in [5.41, 5.74) is 0. The predicted octanol–water partition coefficient (Wildman–Crippen LogP) is 1.60. The third kappa shape index (κ3) is 2.92. The van der Waals surface area contributed by atoms with Gasteiger partial charge in [0.25, 0.3) is 0 Å². The molecule has 0 N–H and O–H groups in total. The first-order valence-electron chi connectivity index (χ1n) is 8.29. The molecule has 3 aliphatic rings. The molecule has 120 valence electrons. The van der Waals surface area contributed by atoms with Crippen LogP contribution in [0.1, 0.15) is 24.3 Å². The molecule has 3 saturated heterocycles. The van der Waals surface area contributed by atoms with E-state index in [0.717, 1.165) is 52.2 Å². The van der Waals surface area contributed by atoms with Gasteiger partial charge in [-0.05, 0) is 25.3 Å². The summed E-state index contributed by atoms with van der Waals surface area (Å²) >= 11 is 1.73. The minimum atomic E-state index is 0.228. The molecule has 3 aliphatic heterocycles. The highest BCUT2D eigenvalue weighted by Gasteiger charge is 2.42. The van der Waals surface area contributed by atoms with Crippen molar-refractivity contribution < 1.29 is 9.53 Å². The van der Waals surface area contributed by atoms with E-state index >= 15 is 0 Å². The molecule has 0 radical (unpaired) electrons. The number of amides is 1. The maximum absolute atomic E-state index is 11.9. The van der Waals surface area contributed by atoms with E-state index < -0.39 is 0 Å². The first-order chi connectivity index (χ1) is 10.8. The van der Waals surface area contributed by atoms with Crippen LogP contribution in [-0.4, -0.2) is 59.6 Å². The van der Waals surface area contributed by atoms with Crippen LogP contribution in [0.15, 0.2) is 11.6 Å². The maximum Gasteiger partial charge on any atom is 0.222 e. The summed E-state index contributed by atoms with van der Waals surface area (Å²) in [5.74, 6) is 1.56. The van der Waals surface area contributed by atoms with E-state index in [2.05, 4.69) is 9.88 Å². The number of thiazole rings is 1. The summed E-state index contributed by atoms with van der Waals surface area (Å²) < 4.78 is 6.06. The SMILES string of the molecule is O=C1CCCN1C[C@@H]1OC[C@H]2CCN(Cc3nccs3)C[C@H]21. The van der Waals surface area contributed by atoms with Crippen LogP contribution in [0.25, 0.3) is 0 Å². The first-order valence-corrected chi connectivity index (χ1v) is 9.17. The molecule has 1 aromatic rings. The molecule has 0 saturated carbocycles. The van der Waals surface area contributed by atoms with E-state index in [4.69, 9.17) is 4.74 Å². The Morgan fingerprint density at radius 3 is 3.14 bits per heavy atom. The van der Waals surface area contributed by atoms with Gasteiger partial charge in [0, 0.05) is 43.5 Å².